The summed E-state index contributed by atoms with van der Waals surface area (Å²) in [5, 5.41) is 25.6. The lowest BCUT2D eigenvalue weighted by Crippen LogP contribution is -2.17. The molecule has 0 unspecified atom stereocenters. The first-order chi connectivity index (χ1) is 13.8. The van der Waals surface area contributed by atoms with Gasteiger partial charge in [0, 0.05) is 34.9 Å². The van der Waals surface area contributed by atoms with Crippen LogP contribution in [0.2, 0.25) is 0 Å². The summed E-state index contributed by atoms with van der Waals surface area (Å²) in [7, 11) is 0. The number of nitrogens with one attached hydrogen (secondary N) is 1. The number of nitro groups is 2. The molecule has 1 aromatic heterocycles. The van der Waals surface area contributed by atoms with Crippen molar-refractivity contribution in [3.8, 4) is 11.3 Å². The first kappa shape index (κ1) is 19.4. The lowest BCUT2D eigenvalue weighted by molar-refractivity contribution is -0.385. The molecule has 0 aliphatic rings. The number of hydrogen-bond acceptors (Lipinski definition) is 7. The molecule has 0 fully saturated rings. The van der Waals surface area contributed by atoms with Gasteiger partial charge in [-0.05, 0) is 25.1 Å². The number of rotatable bonds is 6. The molecule has 146 valence electrons. The van der Waals surface area contributed by atoms with Crippen LogP contribution in [0.4, 0.5) is 11.4 Å². The maximum absolute atomic E-state index is 12.0. The fourth-order valence-corrected chi connectivity index (χ4v) is 2.52. The minimum Gasteiger partial charge on any atom is -0.455 e. The van der Waals surface area contributed by atoms with Gasteiger partial charge in [-0.15, -0.1) is 0 Å². The summed E-state index contributed by atoms with van der Waals surface area (Å²) in [6.45, 7) is 1.65. The molecule has 0 aliphatic heterocycles. The van der Waals surface area contributed by atoms with Crippen molar-refractivity contribution in [3.63, 3.8) is 0 Å². The Labute approximate surface area is 163 Å². The fourth-order valence-electron chi connectivity index (χ4n) is 2.52. The number of benzene rings is 2. The van der Waals surface area contributed by atoms with E-state index in [-0.39, 0.29) is 16.9 Å². The number of aryl methyl sites for hydroxylation is 1. The molecule has 3 aromatic rings. The van der Waals surface area contributed by atoms with E-state index < -0.39 is 15.8 Å². The van der Waals surface area contributed by atoms with Crippen LogP contribution >= 0.6 is 0 Å². The van der Waals surface area contributed by atoms with E-state index in [1.54, 1.807) is 31.2 Å². The number of furan rings is 1. The molecule has 0 spiro atoms. The number of non-ortho nitro benzene ring substituents is 1. The van der Waals surface area contributed by atoms with E-state index in [9.17, 15) is 25.0 Å². The third-order valence-electron chi connectivity index (χ3n) is 3.99. The van der Waals surface area contributed by atoms with Gasteiger partial charge in [0.1, 0.15) is 11.5 Å². The highest BCUT2D eigenvalue weighted by molar-refractivity contribution is 5.95. The standard InChI is InChI=1S/C19H14N4O6/c1-12-5-6-13(10-17(12)23(27)28)18-8-7-16(29-18)11-20-21-19(24)14-3-2-4-15(9-14)22(25)26/h2-11H,1H3,(H,21,24)/b20-11+. The Morgan fingerprint density at radius 2 is 1.86 bits per heavy atom. The van der Waals surface area contributed by atoms with E-state index in [2.05, 4.69) is 10.5 Å². The maximum atomic E-state index is 12.0. The Morgan fingerprint density at radius 1 is 1.07 bits per heavy atom. The van der Waals surface area contributed by atoms with Crippen LogP contribution in [0, 0.1) is 27.2 Å². The van der Waals surface area contributed by atoms with Crippen LogP contribution in [0.25, 0.3) is 11.3 Å². The van der Waals surface area contributed by atoms with Crippen molar-refractivity contribution < 1.29 is 19.1 Å². The molecule has 10 nitrogen and oxygen atoms in total. The quantitative estimate of drug-likeness (QED) is 0.382. The number of hydrazone groups is 1. The molecule has 1 amide bonds. The van der Waals surface area contributed by atoms with Gasteiger partial charge >= 0.3 is 0 Å². The molecule has 2 aromatic carbocycles. The van der Waals surface area contributed by atoms with Crippen molar-refractivity contribution in [2.45, 2.75) is 6.92 Å². The molecule has 0 radical (unpaired) electrons. The number of nitro benzene ring substituents is 2. The molecular weight excluding hydrogens is 380 g/mol. The van der Waals surface area contributed by atoms with Crippen LogP contribution < -0.4 is 5.43 Å². The maximum Gasteiger partial charge on any atom is 0.273 e. The normalized spacial score (nSPS) is 10.8. The Kier molecular flexibility index (Phi) is 5.44. The van der Waals surface area contributed by atoms with Gasteiger partial charge in [-0.3, -0.25) is 25.0 Å². The molecule has 1 heterocycles. The Hall–Kier alpha value is -4.34. The average molecular weight is 394 g/mol. The van der Waals surface area contributed by atoms with Gasteiger partial charge in [-0.1, -0.05) is 18.2 Å². The molecule has 10 heteroatoms. The van der Waals surface area contributed by atoms with Crippen molar-refractivity contribution >= 4 is 23.5 Å². The molecule has 0 atom stereocenters. The number of hydrogen-bond donors (Lipinski definition) is 1. The Bertz CT molecular complexity index is 1140. The first-order valence-electron chi connectivity index (χ1n) is 8.28. The molecule has 1 N–H and O–H groups in total. The average Bonchev–Trinajstić information content (AvgIpc) is 3.17. The van der Waals surface area contributed by atoms with Gasteiger partial charge in [-0.2, -0.15) is 5.10 Å². The van der Waals surface area contributed by atoms with Gasteiger partial charge in [0.25, 0.3) is 17.3 Å². The van der Waals surface area contributed by atoms with Gasteiger partial charge < -0.3 is 4.42 Å². The van der Waals surface area contributed by atoms with E-state index in [1.807, 2.05) is 0 Å². The molecule has 0 saturated carbocycles. The van der Waals surface area contributed by atoms with Crippen molar-refractivity contribution in [2.24, 2.45) is 5.10 Å². The first-order valence-corrected chi connectivity index (χ1v) is 8.28. The summed E-state index contributed by atoms with van der Waals surface area (Å²) in [5.74, 6) is 0.0908. The number of amides is 1. The van der Waals surface area contributed by atoms with E-state index in [4.69, 9.17) is 4.42 Å². The second kappa shape index (κ2) is 8.13. The van der Waals surface area contributed by atoms with Gasteiger partial charge in [0.05, 0.1) is 16.1 Å². The van der Waals surface area contributed by atoms with Crippen LogP contribution in [0.5, 0.6) is 0 Å². The van der Waals surface area contributed by atoms with Crippen LogP contribution in [0.1, 0.15) is 21.7 Å². The Balaban J connectivity index is 1.70. The van der Waals surface area contributed by atoms with Gasteiger partial charge in [0.2, 0.25) is 0 Å². The SMILES string of the molecule is Cc1ccc(-c2ccc(/C=N/NC(=O)c3cccc([N+](=O)[O-])c3)o2)cc1[N+](=O)[O-]. The monoisotopic (exact) mass is 394 g/mol. The summed E-state index contributed by atoms with van der Waals surface area (Å²) in [6.07, 6.45) is 1.25. The lowest BCUT2D eigenvalue weighted by Gasteiger charge is -2.00. The minimum absolute atomic E-state index is 0.0154. The zero-order chi connectivity index (χ0) is 21.0. The molecule has 29 heavy (non-hydrogen) atoms. The highest BCUT2D eigenvalue weighted by Crippen LogP contribution is 2.27. The zero-order valence-corrected chi connectivity index (χ0v) is 15.1. The third kappa shape index (κ3) is 4.50. The minimum atomic E-state index is -0.620. The van der Waals surface area contributed by atoms with E-state index in [0.717, 1.165) is 6.07 Å². The van der Waals surface area contributed by atoms with Crippen molar-refractivity contribution in [1.29, 1.82) is 0 Å². The smallest absolute Gasteiger partial charge is 0.273 e. The molecule has 0 saturated heterocycles. The van der Waals surface area contributed by atoms with Crippen LogP contribution in [0.3, 0.4) is 0 Å². The molecular formula is C19H14N4O6. The van der Waals surface area contributed by atoms with Gasteiger partial charge in [0.15, 0.2) is 0 Å². The van der Waals surface area contributed by atoms with Gasteiger partial charge in [-0.25, -0.2) is 5.43 Å². The molecule has 0 aliphatic carbocycles. The Morgan fingerprint density at radius 3 is 2.59 bits per heavy atom. The number of nitrogens with zero attached hydrogens (tertiary/aromatic N) is 3. The second-order valence-corrected chi connectivity index (χ2v) is 5.97. The van der Waals surface area contributed by atoms with Crippen LogP contribution in [-0.4, -0.2) is 22.0 Å². The third-order valence-corrected chi connectivity index (χ3v) is 3.99. The summed E-state index contributed by atoms with van der Waals surface area (Å²) in [5.41, 5.74) is 3.19. The van der Waals surface area contributed by atoms with E-state index in [1.165, 1.54) is 30.5 Å². The summed E-state index contributed by atoms with van der Waals surface area (Å²) < 4.78 is 5.57. The molecule has 0 bridgehead atoms. The summed E-state index contributed by atoms with van der Waals surface area (Å²) in [6, 6.07) is 13.2. The van der Waals surface area contributed by atoms with Crippen LogP contribution in [-0.2, 0) is 0 Å². The van der Waals surface area contributed by atoms with E-state index >= 15 is 0 Å². The zero-order valence-electron chi connectivity index (χ0n) is 15.1. The predicted octanol–water partition coefficient (Wildman–Crippen LogP) is 3.84. The molecule has 3 rings (SSSR count). The highest BCUT2D eigenvalue weighted by Gasteiger charge is 2.14. The highest BCUT2D eigenvalue weighted by atomic mass is 16.6. The summed E-state index contributed by atoms with van der Waals surface area (Å²) in [4.78, 5) is 32.8. The van der Waals surface area contributed by atoms with E-state index in [0.29, 0.717) is 22.6 Å². The number of carbonyl (C=O) groups is 1. The number of carbonyl (C=O) groups excluding carboxylic acids is 1. The lowest BCUT2D eigenvalue weighted by atomic mass is 10.1. The van der Waals surface area contributed by atoms with Crippen molar-refractivity contribution in [1.82, 2.24) is 5.43 Å². The second-order valence-electron chi connectivity index (χ2n) is 5.97. The fraction of sp³-hybridized carbons (Fsp3) is 0.0526. The van der Waals surface area contributed by atoms with Crippen LogP contribution in [0.15, 0.2) is 64.1 Å². The topological polar surface area (TPSA) is 141 Å². The predicted molar refractivity (Wildman–Crippen MR) is 104 cm³/mol. The summed E-state index contributed by atoms with van der Waals surface area (Å²) >= 11 is 0. The van der Waals surface area contributed by atoms with Crippen molar-refractivity contribution in [2.75, 3.05) is 0 Å². The largest absolute Gasteiger partial charge is 0.455 e. The van der Waals surface area contributed by atoms with Crippen molar-refractivity contribution in [3.05, 3.63) is 91.7 Å².